The predicted molar refractivity (Wildman–Crippen MR) is 90.9 cm³/mol. The molecule has 5 nitrogen and oxygen atoms in total. The topological polar surface area (TPSA) is 77.2 Å². The average Bonchev–Trinajstić information content (AvgIpc) is 2.48. The second-order valence-corrected chi connectivity index (χ2v) is 6.01. The summed E-state index contributed by atoms with van der Waals surface area (Å²) in [6.45, 7) is 5.20. The second kappa shape index (κ2) is 6.54. The maximum absolute atomic E-state index is 14.1. The van der Waals surface area contributed by atoms with Crippen molar-refractivity contribution in [3.63, 3.8) is 0 Å². The summed E-state index contributed by atoms with van der Waals surface area (Å²) in [5.41, 5.74) is 7.85. The number of anilines is 2. The lowest BCUT2D eigenvalue weighted by Crippen LogP contribution is -2.16. The Morgan fingerprint density at radius 2 is 1.96 bits per heavy atom. The first kappa shape index (κ1) is 17.2. The van der Waals surface area contributed by atoms with Crippen molar-refractivity contribution in [3.8, 4) is 5.75 Å². The Morgan fingerprint density at radius 3 is 2.52 bits per heavy atom. The van der Waals surface area contributed by atoms with E-state index in [4.69, 9.17) is 10.5 Å². The highest BCUT2D eigenvalue weighted by Crippen LogP contribution is 2.35. The van der Waals surface area contributed by atoms with Crippen LogP contribution in [0.2, 0.25) is 0 Å². The van der Waals surface area contributed by atoms with Crippen LogP contribution in [0.1, 0.15) is 27.2 Å². The van der Waals surface area contributed by atoms with Gasteiger partial charge in [0.1, 0.15) is 23.1 Å². The molecular weight excluding hydrogens is 365 g/mol. The van der Waals surface area contributed by atoms with Crippen molar-refractivity contribution in [3.05, 3.63) is 44.8 Å². The molecule has 2 rings (SSSR count). The largest absolute Gasteiger partial charge is 0.496 e. The number of carbonyl (C=O) groups excluding carboxylic acids is 1. The summed E-state index contributed by atoms with van der Waals surface area (Å²) < 4.78 is 19.9. The van der Waals surface area contributed by atoms with Crippen LogP contribution in [0.4, 0.5) is 15.9 Å². The number of primary amides is 1. The minimum Gasteiger partial charge on any atom is -0.496 e. The monoisotopic (exact) mass is 381 g/mol. The van der Waals surface area contributed by atoms with Crippen molar-refractivity contribution >= 4 is 33.3 Å². The standard InChI is InChI=1S/C16H17BrFN3O2/c1-7-5-10(17)16(20-13(7)15(19)22)21-14-8(2)11(18)6-12(23-4)9(14)3/h5-6H,1-4H3,(H2,19,22)(H,20,21). The Hall–Kier alpha value is -2.15. The minimum atomic E-state index is -0.622. The minimum absolute atomic E-state index is 0.161. The molecule has 1 aromatic carbocycles. The number of ether oxygens (including phenoxy) is 1. The summed E-state index contributed by atoms with van der Waals surface area (Å²) in [5.74, 6) is -0.214. The molecule has 0 unspecified atom stereocenters. The molecule has 1 amide bonds. The lowest BCUT2D eigenvalue weighted by molar-refractivity contribution is 0.0995. The molecule has 0 saturated carbocycles. The van der Waals surface area contributed by atoms with E-state index in [0.717, 1.165) is 5.56 Å². The number of nitrogens with one attached hydrogen (secondary N) is 1. The lowest BCUT2D eigenvalue weighted by Gasteiger charge is -2.17. The van der Waals surface area contributed by atoms with E-state index in [2.05, 4.69) is 26.2 Å². The number of aryl methyl sites for hydroxylation is 1. The number of nitrogens with two attached hydrogens (primary N) is 1. The second-order valence-electron chi connectivity index (χ2n) is 5.16. The van der Waals surface area contributed by atoms with Crippen LogP contribution in [0, 0.1) is 26.6 Å². The van der Waals surface area contributed by atoms with Gasteiger partial charge in [0.05, 0.1) is 17.3 Å². The van der Waals surface area contributed by atoms with Gasteiger partial charge in [0.25, 0.3) is 5.91 Å². The summed E-state index contributed by atoms with van der Waals surface area (Å²) in [4.78, 5) is 15.7. The summed E-state index contributed by atoms with van der Waals surface area (Å²) >= 11 is 3.39. The molecule has 1 heterocycles. The molecule has 122 valence electrons. The number of amides is 1. The molecule has 2 aromatic rings. The molecule has 0 saturated heterocycles. The summed E-state index contributed by atoms with van der Waals surface area (Å²) in [6, 6.07) is 3.07. The summed E-state index contributed by atoms with van der Waals surface area (Å²) in [6.07, 6.45) is 0. The van der Waals surface area contributed by atoms with Gasteiger partial charge in [-0.1, -0.05) is 0 Å². The van der Waals surface area contributed by atoms with Gasteiger partial charge < -0.3 is 15.8 Å². The number of nitrogens with zero attached hydrogens (tertiary/aromatic N) is 1. The third-order valence-corrected chi connectivity index (χ3v) is 4.20. The lowest BCUT2D eigenvalue weighted by atomic mass is 10.1. The first-order chi connectivity index (χ1) is 10.8. The highest BCUT2D eigenvalue weighted by molar-refractivity contribution is 9.10. The van der Waals surface area contributed by atoms with Crippen molar-refractivity contribution in [2.24, 2.45) is 5.73 Å². The average molecular weight is 382 g/mol. The van der Waals surface area contributed by atoms with E-state index in [9.17, 15) is 9.18 Å². The zero-order valence-electron chi connectivity index (χ0n) is 13.3. The smallest absolute Gasteiger partial charge is 0.267 e. The SMILES string of the molecule is COc1cc(F)c(C)c(Nc2nc(C(N)=O)c(C)cc2Br)c1C. The molecule has 23 heavy (non-hydrogen) atoms. The van der Waals surface area contributed by atoms with Crippen molar-refractivity contribution in [2.75, 3.05) is 12.4 Å². The summed E-state index contributed by atoms with van der Waals surface area (Å²) in [5, 5.41) is 3.06. The predicted octanol–water partition coefficient (Wildman–Crippen LogP) is 3.76. The van der Waals surface area contributed by atoms with E-state index in [1.54, 1.807) is 19.9 Å². The van der Waals surface area contributed by atoms with Crippen LogP contribution < -0.4 is 15.8 Å². The van der Waals surface area contributed by atoms with E-state index >= 15 is 0 Å². The van der Waals surface area contributed by atoms with E-state index < -0.39 is 11.7 Å². The first-order valence-corrected chi connectivity index (χ1v) is 7.63. The van der Waals surface area contributed by atoms with Crippen LogP contribution in [0.5, 0.6) is 5.75 Å². The van der Waals surface area contributed by atoms with Gasteiger partial charge in [-0.05, 0) is 48.3 Å². The number of pyridine rings is 1. The number of aromatic nitrogens is 1. The molecule has 0 spiro atoms. The van der Waals surface area contributed by atoms with Crippen LogP contribution in [0.25, 0.3) is 0 Å². The molecule has 0 atom stereocenters. The molecule has 1 aromatic heterocycles. The molecule has 3 N–H and O–H groups in total. The molecule has 0 fully saturated rings. The molecule has 0 aliphatic heterocycles. The van der Waals surface area contributed by atoms with Crippen LogP contribution in [-0.2, 0) is 0 Å². The zero-order chi connectivity index (χ0) is 17.3. The fraction of sp³-hybridized carbons (Fsp3) is 0.250. The fourth-order valence-electron chi connectivity index (χ4n) is 2.29. The third-order valence-electron chi connectivity index (χ3n) is 3.60. The van der Waals surface area contributed by atoms with Crippen molar-refractivity contribution in [1.82, 2.24) is 4.98 Å². The van der Waals surface area contributed by atoms with Crippen molar-refractivity contribution in [2.45, 2.75) is 20.8 Å². The maximum atomic E-state index is 14.1. The van der Waals surface area contributed by atoms with Gasteiger partial charge in [0, 0.05) is 17.2 Å². The highest BCUT2D eigenvalue weighted by Gasteiger charge is 2.17. The number of methoxy groups -OCH3 is 1. The van der Waals surface area contributed by atoms with Crippen molar-refractivity contribution in [1.29, 1.82) is 0 Å². The summed E-state index contributed by atoms with van der Waals surface area (Å²) in [7, 11) is 1.48. The first-order valence-electron chi connectivity index (χ1n) is 6.84. The maximum Gasteiger partial charge on any atom is 0.267 e. The third kappa shape index (κ3) is 3.29. The molecule has 0 bridgehead atoms. The molecule has 0 radical (unpaired) electrons. The molecular formula is C16H17BrFN3O2. The van der Waals surface area contributed by atoms with E-state index in [-0.39, 0.29) is 5.69 Å². The van der Waals surface area contributed by atoms with Gasteiger partial charge in [-0.15, -0.1) is 0 Å². The Labute approximate surface area is 142 Å². The Balaban J connectivity index is 2.58. The van der Waals surface area contributed by atoms with Crippen molar-refractivity contribution < 1.29 is 13.9 Å². The van der Waals surface area contributed by atoms with Crippen LogP contribution in [0.3, 0.4) is 0 Å². The van der Waals surface area contributed by atoms with Crippen LogP contribution >= 0.6 is 15.9 Å². The zero-order valence-corrected chi connectivity index (χ0v) is 14.8. The Morgan fingerprint density at radius 1 is 1.30 bits per heavy atom. The van der Waals surface area contributed by atoms with Crippen LogP contribution in [0.15, 0.2) is 16.6 Å². The van der Waals surface area contributed by atoms with Gasteiger partial charge in [0.15, 0.2) is 0 Å². The molecule has 7 heteroatoms. The van der Waals surface area contributed by atoms with Gasteiger partial charge >= 0.3 is 0 Å². The normalized spacial score (nSPS) is 10.5. The highest BCUT2D eigenvalue weighted by atomic mass is 79.9. The number of hydrogen-bond donors (Lipinski definition) is 2. The van der Waals surface area contributed by atoms with Crippen LogP contribution in [-0.4, -0.2) is 18.0 Å². The van der Waals surface area contributed by atoms with Gasteiger partial charge in [-0.25, -0.2) is 9.37 Å². The number of halogens is 2. The number of benzene rings is 1. The molecule has 0 aliphatic carbocycles. The Bertz CT molecular complexity index is 794. The fourth-order valence-corrected chi connectivity index (χ4v) is 2.82. The van der Waals surface area contributed by atoms with E-state index in [0.29, 0.717) is 32.9 Å². The molecule has 0 aliphatic rings. The van der Waals surface area contributed by atoms with Gasteiger partial charge in [0.2, 0.25) is 0 Å². The van der Waals surface area contributed by atoms with Gasteiger partial charge in [-0.2, -0.15) is 0 Å². The number of hydrogen-bond acceptors (Lipinski definition) is 4. The number of carbonyl (C=O) groups is 1. The number of rotatable bonds is 4. The quantitative estimate of drug-likeness (QED) is 0.844. The van der Waals surface area contributed by atoms with E-state index in [1.807, 2.05) is 6.92 Å². The Kier molecular flexibility index (Phi) is 4.89. The van der Waals surface area contributed by atoms with E-state index in [1.165, 1.54) is 13.2 Å². The van der Waals surface area contributed by atoms with Gasteiger partial charge in [-0.3, -0.25) is 4.79 Å².